The number of rotatable bonds is 3. The molecule has 0 amide bonds. The Balaban J connectivity index is 2.09. The van der Waals surface area contributed by atoms with Crippen LogP contribution in [0.2, 0.25) is 0 Å². The summed E-state index contributed by atoms with van der Waals surface area (Å²) in [5, 5.41) is 0. The summed E-state index contributed by atoms with van der Waals surface area (Å²) in [5.41, 5.74) is -0.400. The van der Waals surface area contributed by atoms with Crippen molar-refractivity contribution in [3.05, 3.63) is 0 Å². The van der Waals surface area contributed by atoms with E-state index in [1.54, 1.807) is 6.92 Å². The Labute approximate surface area is 113 Å². The third kappa shape index (κ3) is 2.60. The maximum absolute atomic E-state index is 12.2. The van der Waals surface area contributed by atoms with Crippen LogP contribution in [0.25, 0.3) is 0 Å². The summed E-state index contributed by atoms with van der Waals surface area (Å²) in [7, 11) is 0. The molecular formula is C15H20O4. The lowest BCUT2D eigenvalue weighted by atomic mass is 9.69. The summed E-state index contributed by atoms with van der Waals surface area (Å²) in [6.07, 6.45) is 6.59. The highest BCUT2D eigenvalue weighted by Gasteiger charge is 2.56. The second kappa shape index (κ2) is 4.88. The predicted octanol–water partition coefficient (Wildman–Crippen LogP) is 1.92. The second-order valence-electron chi connectivity index (χ2n) is 6.04. The van der Waals surface area contributed by atoms with Crippen molar-refractivity contribution in [3.63, 3.8) is 0 Å². The average Bonchev–Trinajstić information content (AvgIpc) is 2.49. The van der Waals surface area contributed by atoms with Gasteiger partial charge in [-0.25, -0.2) is 0 Å². The fourth-order valence-corrected chi connectivity index (χ4v) is 3.39. The molecule has 2 bridgehead atoms. The van der Waals surface area contributed by atoms with Crippen LogP contribution in [0.15, 0.2) is 0 Å². The van der Waals surface area contributed by atoms with Crippen molar-refractivity contribution in [2.45, 2.75) is 51.7 Å². The fraction of sp³-hybridized carbons (Fsp3) is 0.733. The quantitative estimate of drug-likeness (QED) is 0.577. The molecule has 19 heavy (non-hydrogen) atoms. The number of hydrogen-bond acceptors (Lipinski definition) is 4. The van der Waals surface area contributed by atoms with Crippen molar-refractivity contribution in [2.24, 2.45) is 17.8 Å². The molecule has 1 aliphatic heterocycles. The normalized spacial score (nSPS) is 38.2. The Morgan fingerprint density at radius 3 is 2.95 bits per heavy atom. The Bertz CT molecular complexity index is 436. The van der Waals surface area contributed by atoms with E-state index in [-0.39, 0.29) is 29.9 Å². The molecule has 4 heteroatoms. The van der Waals surface area contributed by atoms with Gasteiger partial charge < -0.3 is 9.47 Å². The van der Waals surface area contributed by atoms with E-state index in [0.29, 0.717) is 19.3 Å². The third-order valence-electron chi connectivity index (χ3n) is 4.10. The molecule has 2 aliphatic rings. The molecule has 104 valence electrons. The van der Waals surface area contributed by atoms with Gasteiger partial charge in [-0.1, -0.05) is 6.92 Å². The number of fused-ring (bicyclic) bond motifs is 2. The minimum absolute atomic E-state index is 0.0840. The number of terminal acetylenes is 1. The van der Waals surface area contributed by atoms with Crippen LogP contribution in [0, 0.1) is 30.1 Å². The van der Waals surface area contributed by atoms with Gasteiger partial charge in [0, 0.05) is 12.8 Å². The molecule has 0 aromatic rings. The molecule has 1 saturated heterocycles. The molecule has 0 spiro atoms. The Morgan fingerprint density at radius 1 is 1.63 bits per heavy atom. The van der Waals surface area contributed by atoms with Gasteiger partial charge in [-0.15, -0.1) is 12.3 Å². The van der Waals surface area contributed by atoms with Crippen LogP contribution in [0.1, 0.15) is 40.0 Å². The number of carbonyl (C=O) groups is 2. The molecule has 0 aromatic carbocycles. The second-order valence-corrected chi connectivity index (χ2v) is 6.04. The minimum atomic E-state index is -0.400. The van der Waals surface area contributed by atoms with Crippen molar-refractivity contribution in [1.82, 2.24) is 0 Å². The summed E-state index contributed by atoms with van der Waals surface area (Å²) < 4.78 is 10.7. The summed E-state index contributed by atoms with van der Waals surface area (Å²) >= 11 is 0. The van der Waals surface area contributed by atoms with Crippen LogP contribution in [-0.2, 0) is 19.1 Å². The summed E-state index contributed by atoms with van der Waals surface area (Å²) in [6.45, 7) is 5.68. The SMILES string of the molecule is C#CCC(C)OC(=O)C1C(C)C[C@]2(C)CC1C(=O)O2. The number of ether oxygens (including phenoxy) is 2. The van der Waals surface area contributed by atoms with Gasteiger partial charge in [0.25, 0.3) is 0 Å². The minimum Gasteiger partial charge on any atom is -0.461 e. The topological polar surface area (TPSA) is 52.6 Å². The maximum Gasteiger partial charge on any atom is 0.310 e. The van der Waals surface area contributed by atoms with Crippen molar-refractivity contribution in [2.75, 3.05) is 0 Å². The molecule has 1 saturated carbocycles. The van der Waals surface area contributed by atoms with Crippen molar-refractivity contribution >= 4 is 11.9 Å². The lowest BCUT2D eigenvalue weighted by Crippen LogP contribution is -2.41. The van der Waals surface area contributed by atoms with Crippen LogP contribution in [0.3, 0.4) is 0 Å². The average molecular weight is 264 g/mol. The molecule has 1 aliphatic carbocycles. The first kappa shape index (κ1) is 13.9. The lowest BCUT2D eigenvalue weighted by Gasteiger charge is -2.35. The van der Waals surface area contributed by atoms with Crippen molar-refractivity contribution in [1.29, 1.82) is 0 Å². The maximum atomic E-state index is 12.2. The van der Waals surface area contributed by atoms with Crippen molar-refractivity contribution in [3.8, 4) is 12.3 Å². The van der Waals surface area contributed by atoms with Gasteiger partial charge >= 0.3 is 11.9 Å². The zero-order chi connectivity index (χ0) is 14.2. The molecule has 0 aromatic heterocycles. The summed E-state index contributed by atoms with van der Waals surface area (Å²) in [6, 6.07) is 0. The molecule has 1 heterocycles. The highest BCUT2D eigenvalue weighted by molar-refractivity contribution is 5.84. The zero-order valence-electron chi connectivity index (χ0n) is 11.6. The third-order valence-corrected chi connectivity index (χ3v) is 4.10. The van der Waals surface area contributed by atoms with E-state index in [2.05, 4.69) is 5.92 Å². The molecule has 0 N–H and O–H groups in total. The van der Waals surface area contributed by atoms with E-state index in [9.17, 15) is 9.59 Å². The highest BCUT2D eigenvalue weighted by atomic mass is 16.6. The number of hydrogen-bond donors (Lipinski definition) is 0. The van der Waals surface area contributed by atoms with Crippen LogP contribution in [-0.4, -0.2) is 23.6 Å². The van der Waals surface area contributed by atoms with E-state index in [1.807, 2.05) is 13.8 Å². The zero-order valence-corrected chi connectivity index (χ0v) is 11.6. The Hall–Kier alpha value is -1.50. The van der Waals surface area contributed by atoms with E-state index < -0.39 is 11.5 Å². The van der Waals surface area contributed by atoms with Crippen LogP contribution >= 0.6 is 0 Å². The van der Waals surface area contributed by atoms with Gasteiger partial charge in [0.15, 0.2) is 0 Å². The summed E-state index contributed by atoms with van der Waals surface area (Å²) in [4.78, 5) is 24.1. The molecule has 0 radical (unpaired) electrons. The molecule has 2 fully saturated rings. The van der Waals surface area contributed by atoms with Gasteiger partial charge in [0.05, 0.1) is 11.8 Å². The van der Waals surface area contributed by atoms with E-state index in [1.165, 1.54) is 0 Å². The number of esters is 2. The number of carbonyl (C=O) groups excluding carboxylic acids is 2. The van der Waals surface area contributed by atoms with E-state index >= 15 is 0 Å². The summed E-state index contributed by atoms with van der Waals surface area (Å²) in [5.74, 6) is 1.21. The van der Waals surface area contributed by atoms with Gasteiger partial charge in [0.1, 0.15) is 11.7 Å². The fourth-order valence-electron chi connectivity index (χ4n) is 3.39. The molecule has 4 unspecified atom stereocenters. The predicted molar refractivity (Wildman–Crippen MR) is 68.9 cm³/mol. The molecule has 2 rings (SSSR count). The lowest BCUT2D eigenvalue weighted by molar-refractivity contribution is -0.160. The first-order valence-electron chi connectivity index (χ1n) is 6.73. The molecule has 4 nitrogen and oxygen atoms in total. The van der Waals surface area contributed by atoms with Gasteiger partial charge in [-0.3, -0.25) is 9.59 Å². The smallest absolute Gasteiger partial charge is 0.310 e. The van der Waals surface area contributed by atoms with Gasteiger partial charge in [-0.05, 0) is 26.2 Å². The van der Waals surface area contributed by atoms with Crippen LogP contribution in [0.5, 0.6) is 0 Å². The van der Waals surface area contributed by atoms with Crippen LogP contribution in [0.4, 0.5) is 0 Å². The van der Waals surface area contributed by atoms with E-state index in [4.69, 9.17) is 15.9 Å². The first-order chi connectivity index (χ1) is 8.86. The van der Waals surface area contributed by atoms with Crippen molar-refractivity contribution < 1.29 is 19.1 Å². The highest BCUT2D eigenvalue weighted by Crippen LogP contribution is 2.48. The Kier molecular flexibility index (Phi) is 3.58. The van der Waals surface area contributed by atoms with Gasteiger partial charge in [-0.2, -0.15) is 0 Å². The van der Waals surface area contributed by atoms with Crippen LogP contribution < -0.4 is 0 Å². The molecular weight excluding hydrogens is 244 g/mol. The largest absolute Gasteiger partial charge is 0.461 e. The van der Waals surface area contributed by atoms with Gasteiger partial charge in [0.2, 0.25) is 0 Å². The monoisotopic (exact) mass is 264 g/mol. The van der Waals surface area contributed by atoms with E-state index in [0.717, 1.165) is 0 Å². The Morgan fingerprint density at radius 2 is 2.32 bits per heavy atom. The first-order valence-corrected chi connectivity index (χ1v) is 6.73. The molecule has 5 atom stereocenters. The standard InChI is InChI=1S/C15H20O4/c1-5-6-10(3)18-14(17)12-9(2)7-15(4)8-11(12)13(16)19-15/h1,9-12H,6-8H2,2-4H3/t9?,10?,11?,12?,15-/m1/s1.